The van der Waals surface area contributed by atoms with Crippen LogP contribution in [0.2, 0.25) is 4.34 Å². The zero-order valence-electron chi connectivity index (χ0n) is 12.2. The lowest BCUT2D eigenvalue weighted by Gasteiger charge is -2.06. The maximum atomic E-state index is 5.94. The average Bonchev–Trinajstić information content (AvgIpc) is 3.15. The van der Waals surface area contributed by atoms with Gasteiger partial charge in [-0.05, 0) is 29.7 Å². The summed E-state index contributed by atoms with van der Waals surface area (Å²) in [6.07, 6.45) is 2.84. The number of hydrogen-bond donors (Lipinski definition) is 0. The fraction of sp³-hybridized carbons (Fsp3) is 0.250. The molecule has 0 fully saturated rings. The van der Waals surface area contributed by atoms with Crippen molar-refractivity contribution in [2.24, 2.45) is 0 Å². The number of nitrogens with zero attached hydrogens (tertiary/aromatic N) is 3. The number of aryl methyl sites for hydroxylation is 1. The van der Waals surface area contributed by atoms with Crippen LogP contribution in [0.3, 0.4) is 0 Å². The van der Waals surface area contributed by atoms with Crippen molar-refractivity contribution >= 4 is 34.7 Å². The Morgan fingerprint density at radius 3 is 2.73 bits per heavy atom. The minimum Gasteiger partial charge on any atom is -0.247 e. The molecule has 22 heavy (non-hydrogen) atoms. The minimum absolute atomic E-state index is 0.766. The normalized spacial score (nSPS) is 11.0. The zero-order valence-corrected chi connectivity index (χ0v) is 14.6. The second-order valence-corrected chi connectivity index (χ2v) is 7.58. The lowest BCUT2D eigenvalue weighted by Crippen LogP contribution is -2.03. The van der Waals surface area contributed by atoms with Crippen LogP contribution in [0.15, 0.2) is 47.9 Å². The van der Waals surface area contributed by atoms with E-state index in [2.05, 4.69) is 47.3 Å². The van der Waals surface area contributed by atoms with Gasteiger partial charge in [0.2, 0.25) is 5.16 Å². The molecule has 0 saturated heterocycles. The third kappa shape index (κ3) is 3.91. The van der Waals surface area contributed by atoms with Gasteiger partial charge in [0.25, 0.3) is 0 Å². The van der Waals surface area contributed by atoms with E-state index in [1.807, 2.05) is 10.7 Å². The Bertz CT molecular complexity index is 751. The maximum Gasteiger partial charge on any atom is 0.208 e. The van der Waals surface area contributed by atoms with E-state index in [4.69, 9.17) is 11.6 Å². The fourth-order valence-corrected chi connectivity index (χ4v) is 4.16. The molecule has 0 unspecified atom stereocenters. The number of hydrogen-bond acceptors (Lipinski definition) is 4. The summed E-state index contributed by atoms with van der Waals surface area (Å²) in [5, 5.41) is 5.35. The summed E-state index contributed by atoms with van der Waals surface area (Å²) in [6.45, 7) is 2.94. The number of thiophene rings is 1. The van der Waals surface area contributed by atoms with Gasteiger partial charge in [0.05, 0.1) is 10.9 Å². The summed E-state index contributed by atoms with van der Waals surface area (Å²) >= 11 is 9.18. The Balaban J connectivity index is 1.63. The first kappa shape index (κ1) is 15.6. The number of rotatable bonds is 6. The van der Waals surface area contributed by atoms with Gasteiger partial charge in [0, 0.05) is 10.6 Å². The standard InChI is InChI=1S/C16H16ClN3S2/c1-2-12-5-3-4-6-13(12)9-20-11-18-16(19-20)21-10-14-7-8-15(17)22-14/h3-8,11H,2,9-10H2,1H3. The molecule has 0 aliphatic rings. The Morgan fingerprint density at radius 1 is 1.18 bits per heavy atom. The highest BCUT2D eigenvalue weighted by atomic mass is 35.5. The van der Waals surface area contributed by atoms with Gasteiger partial charge in [-0.25, -0.2) is 9.67 Å². The summed E-state index contributed by atoms with van der Waals surface area (Å²) in [6, 6.07) is 12.5. The molecule has 0 N–H and O–H groups in total. The van der Waals surface area contributed by atoms with Crippen molar-refractivity contribution in [2.45, 2.75) is 30.8 Å². The molecule has 0 aliphatic carbocycles. The van der Waals surface area contributed by atoms with Crippen molar-refractivity contribution in [3.63, 3.8) is 0 Å². The van der Waals surface area contributed by atoms with Gasteiger partial charge in [-0.15, -0.1) is 16.4 Å². The first-order valence-electron chi connectivity index (χ1n) is 7.08. The maximum absolute atomic E-state index is 5.94. The molecule has 0 bridgehead atoms. The van der Waals surface area contributed by atoms with Crippen LogP contribution in [0.1, 0.15) is 22.9 Å². The summed E-state index contributed by atoms with van der Waals surface area (Å²) in [7, 11) is 0. The van der Waals surface area contributed by atoms with Crippen LogP contribution in [0.25, 0.3) is 0 Å². The van der Waals surface area contributed by atoms with E-state index < -0.39 is 0 Å². The van der Waals surface area contributed by atoms with E-state index in [9.17, 15) is 0 Å². The summed E-state index contributed by atoms with van der Waals surface area (Å²) in [4.78, 5) is 5.61. The van der Waals surface area contributed by atoms with Gasteiger partial charge >= 0.3 is 0 Å². The fourth-order valence-electron chi connectivity index (χ4n) is 2.22. The largest absolute Gasteiger partial charge is 0.247 e. The zero-order chi connectivity index (χ0) is 15.4. The van der Waals surface area contributed by atoms with Crippen LogP contribution < -0.4 is 0 Å². The monoisotopic (exact) mass is 349 g/mol. The number of halogens is 1. The lowest BCUT2D eigenvalue weighted by atomic mass is 10.1. The smallest absolute Gasteiger partial charge is 0.208 e. The van der Waals surface area contributed by atoms with Crippen molar-refractivity contribution in [1.82, 2.24) is 14.8 Å². The molecular weight excluding hydrogens is 334 g/mol. The first-order chi connectivity index (χ1) is 10.7. The van der Waals surface area contributed by atoms with Gasteiger partial charge in [-0.3, -0.25) is 0 Å². The Hall–Kier alpha value is -1.30. The SMILES string of the molecule is CCc1ccccc1Cn1cnc(SCc2ccc(Cl)s2)n1. The third-order valence-corrected chi connectivity index (χ3v) is 5.63. The van der Waals surface area contributed by atoms with Gasteiger partial charge in [-0.1, -0.05) is 54.6 Å². The van der Waals surface area contributed by atoms with Crippen LogP contribution in [-0.2, 0) is 18.7 Å². The summed E-state index contributed by atoms with van der Waals surface area (Å²) < 4.78 is 2.73. The van der Waals surface area contributed by atoms with E-state index in [0.29, 0.717) is 0 Å². The summed E-state index contributed by atoms with van der Waals surface area (Å²) in [5.41, 5.74) is 2.66. The molecular formula is C16H16ClN3S2. The first-order valence-corrected chi connectivity index (χ1v) is 9.26. The Kier molecular flexibility index (Phi) is 5.18. The van der Waals surface area contributed by atoms with E-state index in [1.54, 1.807) is 29.4 Å². The molecule has 114 valence electrons. The van der Waals surface area contributed by atoms with E-state index in [0.717, 1.165) is 28.2 Å². The molecule has 0 amide bonds. The van der Waals surface area contributed by atoms with Crippen LogP contribution in [0, 0.1) is 0 Å². The van der Waals surface area contributed by atoms with E-state index >= 15 is 0 Å². The molecule has 2 aromatic heterocycles. The molecule has 0 saturated carbocycles. The predicted molar refractivity (Wildman–Crippen MR) is 93.8 cm³/mol. The highest BCUT2D eigenvalue weighted by Gasteiger charge is 2.06. The van der Waals surface area contributed by atoms with Gasteiger partial charge < -0.3 is 0 Å². The Labute approximate surface area is 143 Å². The number of benzene rings is 1. The highest BCUT2D eigenvalue weighted by molar-refractivity contribution is 7.98. The van der Waals surface area contributed by atoms with Crippen LogP contribution in [-0.4, -0.2) is 14.8 Å². The van der Waals surface area contributed by atoms with Crippen molar-refractivity contribution in [2.75, 3.05) is 0 Å². The second kappa shape index (κ2) is 7.31. The third-order valence-electron chi connectivity index (χ3n) is 3.32. The van der Waals surface area contributed by atoms with Crippen molar-refractivity contribution in [1.29, 1.82) is 0 Å². The van der Waals surface area contributed by atoms with Gasteiger partial charge in [-0.2, -0.15) is 0 Å². The molecule has 3 aromatic rings. The van der Waals surface area contributed by atoms with Crippen LogP contribution >= 0.6 is 34.7 Å². The second-order valence-electron chi connectivity index (χ2n) is 4.84. The number of aromatic nitrogens is 3. The van der Waals surface area contributed by atoms with Crippen molar-refractivity contribution in [3.8, 4) is 0 Å². The van der Waals surface area contributed by atoms with Crippen LogP contribution in [0.5, 0.6) is 0 Å². The average molecular weight is 350 g/mol. The van der Waals surface area contributed by atoms with Crippen molar-refractivity contribution < 1.29 is 0 Å². The molecule has 1 aromatic carbocycles. The quantitative estimate of drug-likeness (QED) is 0.593. The van der Waals surface area contributed by atoms with E-state index in [1.165, 1.54) is 16.0 Å². The topological polar surface area (TPSA) is 30.7 Å². The minimum atomic E-state index is 0.766. The van der Waals surface area contributed by atoms with Crippen molar-refractivity contribution in [3.05, 3.63) is 63.1 Å². The molecule has 0 radical (unpaired) electrons. The highest BCUT2D eigenvalue weighted by Crippen LogP contribution is 2.27. The van der Waals surface area contributed by atoms with Gasteiger partial charge in [0.1, 0.15) is 6.33 Å². The lowest BCUT2D eigenvalue weighted by molar-refractivity contribution is 0.662. The molecule has 3 rings (SSSR count). The molecule has 0 aliphatic heterocycles. The molecule has 0 atom stereocenters. The number of thioether (sulfide) groups is 1. The van der Waals surface area contributed by atoms with E-state index in [-0.39, 0.29) is 0 Å². The van der Waals surface area contributed by atoms with Crippen LogP contribution in [0.4, 0.5) is 0 Å². The predicted octanol–water partition coefficient (Wildman–Crippen LogP) is 4.90. The van der Waals surface area contributed by atoms with Gasteiger partial charge in [0.15, 0.2) is 0 Å². The summed E-state index contributed by atoms with van der Waals surface area (Å²) in [5.74, 6) is 0.854. The molecule has 3 nitrogen and oxygen atoms in total. The molecule has 0 spiro atoms. The molecule has 2 heterocycles. The Morgan fingerprint density at radius 2 is 2.00 bits per heavy atom. The molecule has 6 heteroatoms.